The minimum absolute atomic E-state index is 0.217. The van der Waals surface area contributed by atoms with E-state index >= 15 is 0 Å². The van der Waals surface area contributed by atoms with Crippen molar-refractivity contribution in [3.8, 4) is 0 Å². The van der Waals surface area contributed by atoms with Crippen molar-refractivity contribution in [1.29, 1.82) is 0 Å². The molecule has 3 unspecified atom stereocenters. The number of thioether (sulfide) groups is 1. The van der Waals surface area contributed by atoms with Crippen LogP contribution in [0.4, 0.5) is 0 Å². The first-order valence-electron chi connectivity index (χ1n) is 10.0. The van der Waals surface area contributed by atoms with E-state index in [2.05, 4.69) is 10.2 Å². The molecule has 3 saturated carbocycles. The fraction of sp³-hybridized carbons (Fsp3) is 0.895. The van der Waals surface area contributed by atoms with E-state index in [1.165, 1.54) is 51.4 Å². The van der Waals surface area contributed by atoms with Gasteiger partial charge in [-0.2, -0.15) is 0 Å². The summed E-state index contributed by atoms with van der Waals surface area (Å²) in [6.45, 7) is 2.18. The third-order valence-corrected chi connectivity index (χ3v) is 8.74. The zero-order chi connectivity index (χ0) is 16.1. The minimum Gasteiger partial charge on any atom is -0.304 e. The molecule has 1 amide bonds. The molecule has 1 spiro atoms. The number of amides is 1. The van der Waals surface area contributed by atoms with Crippen LogP contribution in [0.1, 0.15) is 64.2 Å². The smallest absolute Gasteiger partial charge is 0.242 e. The van der Waals surface area contributed by atoms with Gasteiger partial charge < -0.3 is 10.2 Å². The van der Waals surface area contributed by atoms with E-state index in [-0.39, 0.29) is 10.7 Å². The van der Waals surface area contributed by atoms with Crippen molar-refractivity contribution in [3.63, 3.8) is 0 Å². The number of amidine groups is 1. The minimum atomic E-state index is -0.217. The van der Waals surface area contributed by atoms with Crippen molar-refractivity contribution in [2.45, 2.75) is 81.0 Å². The lowest BCUT2D eigenvalue weighted by molar-refractivity contribution is -0.122. The Labute approximate surface area is 149 Å². The van der Waals surface area contributed by atoms with Gasteiger partial charge in [-0.15, -0.1) is 0 Å². The van der Waals surface area contributed by atoms with Gasteiger partial charge in [0.15, 0.2) is 5.17 Å². The van der Waals surface area contributed by atoms with Gasteiger partial charge in [0.2, 0.25) is 5.91 Å². The van der Waals surface area contributed by atoms with Gasteiger partial charge in [0.25, 0.3) is 0 Å². The molecule has 2 saturated heterocycles. The van der Waals surface area contributed by atoms with Crippen molar-refractivity contribution in [3.05, 3.63) is 0 Å². The van der Waals surface area contributed by atoms with E-state index in [1.807, 2.05) is 0 Å². The first-order valence-corrected chi connectivity index (χ1v) is 10.9. The molecule has 5 fully saturated rings. The maximum Gasteiger partial charge on any atom is 0.242 e. The summed E-state index contributed by atoms with van der Waals surface area (Å²) in [7, 11) is 0. The zero-order valence-corrected chi connectivity index (χ0v) is 15.3. The number of hydrogen-bond acceptors (Lipinski definition) is 4. The summed E-state index contributed by atoms with van der Waals surface area (Å²) < 4.78 is -0.217. The van der Waals surface area contributed by atoms with Crippen LogP contribution in [0.2, 0.25) is 0 Å². The average molecular weight is 348 g/mol. The largest absolute Gasteiger partial charge is 0.304 e. The summed E-state index contributed by atoms with van der Waals surface area (Å²) >= 11 is 1.76. The molecule has 2 aliphatic heterocycles. The predicted octanol–water partition coefficient (Wildman–Crippen LogP) is 3.17. The van der Waals surface area contributed by atoms with Gasteiger partial charge >= 0.3 is 0 Å². The highest BCUT2D eigenvalue weighted by Gasteiger charge is 2.50. The van der Waals surface area contributed by atoms with E-state index in [4.69, 9.17) is 4.99 Å². The summed E-state index contributed by atoms with van der Waals surface area (Å²) in [5.74, 6) is 1.94. The maximum absolute atomic E-state index is 12.7. The van der Waals surface area contributed by atoms with Crippen LogP contribution in [0.25, 0.3) is 0 Å². The van der Waals surface area contributed by atoms with E-state index in [0.717, 1.165) is 49.0 Å². The van der Waals surface area contributed by atoms with Crippen LogP contribution in [0.3, 0.4) is 0 Å². The Morgan fingerprint density at radius 1 is 1.08 bits per heavy atom. The first-order chi connectivity index (χ1) is 11.7. The number of nitrogens with zero attached hydrogens (tertiary/aromatic N) is 2. The second-order valence-electron chi connectivity index (χ2n) is 8.70. The third-order valence-electron chi connectivity index (χ3n) is 7.36. The Morgan fingerprint density at radius 3 is 2.54 bits per heavy atom. The summed E-state index contributed by atoms with van der Waals surface area (Å²) in [6, 6.07) is 1.28. The molecule has 24 heavy (non-hydrogen) atoms. The number of fused-ring (bicyclic) bond motifs is 2. The Bertz CT molecular complexity index is 549. The molecule has 0 aromatic carbocycles. The van der Waals surface area contributed by atoms with Crippen LogP contribution in [0.5, 0.6) is 0 Å². The molecule has 5 aliphatic rings. The first kappa shape index (κ1) is 15.7. The second kappa shape index (κ2) is 6.01. The maximum atomic E-state index is 12.7. The molecule has 0 radical (unpaired) electrons. The normalized spacial score (nSPS) is 40.9. The summed E-state index contributed by atoms with van der Waals surface area (Å²) in [5.41, 5.74) is 0. The number of carbonyl (C=O) groups is 1. The van der Waals surface area contributed by atoms with Gasteiger partial charge in [-0.3, -0.25) is 9.79 Å². The molecule has 2 bridgehead atoms. The number of likely N-dealkylation sites (tertiary alicyclic amines) is 1. The van der Waals surface area contributed by atoms with Gasteiger partial charge in [-0.05, 0) is 56.8 Å². The van der Waals surface area contributed by atoms with E-state index in [1.54, 1.807) is 11.8 Å². The Balaban J connectivity index is 1.24. The summed E-state index contributed by atoms with van der Waals surface area (Å²) in [5, 5.41) is 4.08. The fourth-order valence-electron chi connectivity index (χ4n) is 5.90. The number of piperidine rings is 1. The SMILES string of the molecule is O=C1NC(=NC2CC3CCC2C3)SC12CCN(C1CCCC1)CC2. The van der Waals surface area contributed by atoms with E-state index in [9.17, 15) is 4.79 Å². The number of aliphatic imine (C=N–C) groups is 1. The van der Waals surface area contributed by atoms with Crippen LogP contribution in [-0.2, 0) is 4.79 Å². The molecular formula is C19H29N3OS. The molecular weight excluding hydrogens is 318 g/mol. The lowest BCUT2D eigenvalue weighted by Gasteiger charge is -2.39. The number of rotatable bonds is 2. The van der Waals surface area contributed by atoms with E-state index in [0.29, 0.717) is 6.04 Å². The molecule has 4 nitrogen and oxygen atoms in total. The highest BCUT2D eigenvalue weighted by atomic mass is 32.2. The number of nitrogens with one attached hydrogen (secondary N) is 1. The molecule has 3 atom stereocenters. The van der Waals surface area contributed by atoms with Crippen LogP contribution < -0.4 is 5.32 Å². The summed E-state index contributed by atoms with van der Waals surface area (Å²) in [6.07, 6.45) is 12.9. The number of hydrogen-bond donors (Lipinski definition) is 1. The topological polar surface area (TPSA) is 44.7 Å². The van der Waals surface area contributed by atoms with Gasteiger partial charge in [0.1, 0.15) is 4.75 Å². The van der Waals surface area contributed by atoms with E-state index < -0.39 is 0 Å². The zero-order valence-electron chi connectivity index (χ0n) is 14.5. The Morgan fingerprint density at radius 2 is 1.88 bits per heavy atom. The molecule has 0 aromatic heterocycles. The number of carbonyl (C=O) groups excluding carboxylic acids is 1. The van der Waals surface area contributed by atoms with Crippen molar-refractivity contribution >= 4 is 22.8 Å². The quantitative estimate of drug-likeness (QED) is 0.834. The van der Waals surface area contributed by atoms with Crippen LogP contribution in [-0.4, -0.2) is 45.9 Å². The Hall–Kier alpha value is -0.550. The van der Waals surface area contributed by atoms with Crippen molar-refractivity contribution < 1.29 is 4.79 Å². The van der Waals surface area contributed by atoms with Gasteiger partial charge in [0, 0.05) is 19.1 Å². The standard InChI is InChI=1S/C19H29N3OS/c23-17-19(7-9-22(10-8-19)15-3-1-2-4-15)24-18(21-17)20-16-12-13-5-6-14(16)11-13/h13-16H,1-12H2,(H,20,21,23). The Kier molecular flexibility index (Phi) is 3.93. The molecule has 3 aliphatic carbocycles. The molecule has 2 heterocycles. The average Bonchev–Trinajstić information content (AvgIpc) is 3.35. The molecule has 0 aromatic rings. The molecule has 5 heteroatoms. The van der Waals surface area contributed by atoms with Gasteiger partial charge in [0.05, 0.1) is 6.04 Å². The predicted molar refractivity (Wildman–Crippen MR) is 98.2 cm³/mol. The van der Waals surface area contributed by atoms with Crippen molar-refractivity contribution in [1.82, 2.24) is 10.2 Å². The third kappa shape index (κ3) is 2.63. The van der Waals surface area contributed by atoms with Crippen LogP contribution in [0.15, 0.2) is 4.99 Å². The van der Waals surface area contributed by atoms with Crippen molar-refractivity contribution in [2.75, 3.05) is 13.1 Å². The van der Waals surface area contributed by atoms with Crippen LogP contribution >= 0.6 is 11.8 Å². The molecule has 5 rings (SSSR count). The fourth-order valence-corrected chi connectivity index (χ4v) is 7.13. The second-order valence-corrected chi connectivity index (χ2v) is 10.1. The molecule has 132 valence electrons. The highest BCUT2D eigenvalue weighted by molar-refractivity contribution is 8.16. The van der Waals surface area contributed by atoms with Crippen molar-refractivity contribution in [2.24, 2.45) is 16.8 Å². The monoisotopic (exact) mass is 347 g/mol. The lowest BCUT2D eigenvalue weighted by atomic mass is 9.93. The molecule has 1 N–H and O–H groups in total. The van der Waals surface area contributed by atoms with Gasteiger partial charge in [-0.1, -0.05) is 31.0 Å². The van der Waals surface area contributed by atoms with Gasteiger partial charge in [-0.25, -0.2) is 0 Å². The summed E-state index contributed by atoms with van der Waals surface area (Å²) in [4.78, 5) is 20.3. The van der Waals surface area contributed by atoms with Crippen LogP contribution in [0, 0.1) is 11.8 Å². The highest BCUT2D eigenvalue weighted by Crippen LogP contribution is 2.47. The lowest BCUT2D eigenvalue weighted by Crippen LogP contribution is -2.49.